The number of hydrogen-bond donors (Lipinski definition) is 2. The summed E-state index contributed by atoms with van der Waals surface area (Å²) in [6, 6.07) is 17.5. The molecule has 0 spiro atoms. The first kappa shape index (κ1) is 26.3. The lowest BCUT2D eigenvalue weighted by Gasteiger charge is -2.17. The maximum atomic E-state index is 11.2. The lowest BCUT2D eigenvalue weighted by atomic mass is 9.95. The summed E-state index contributed by atoms with van der Waals surface area (Å²) < 4.78 is 0. The van der Waals surface area contributed by atoms with E-state index in [-0.39, 0.29) is 0 Å². The third-order valence-corrected chi connectivity index (χ3v) is 7.26. The lowest BCUT2D eigenvalue weighted by molar-refractivity contribution is 0.175. The van der Waals surface area contributed by atoms with Gasteiger partial charge in [-0.25, -0.2) is 0 Å². The molecule has 2 nitrogen and oxygen atoms in total. The zero-order valence-corrected chi connectivity index (χ0v) is 22.4. The van der Waals surface area contributed by atoms with E-state index in [1.54, 1.807) is 0 Å². The Labute approximate surface area is 223 Å². The number of hydrogen-bond acceptors (Lipinski definition) is 2. The molecule has 0 saturated carbocycles. The van der Waals surface area contributed by atoms with Crippen LogP contribution in [0.15, 0.2) is 54.6 Å². The van der Waals surface area contributed by atoms with E-state index in [0.29, 0.717) is 21.6 Å². The topological polar surface area (TPSA) is 32.3 Å². The lowest BCUT2D eigenvalue weighted by Crippen LogP contribution is -2.23. The SMILES string of the molecule is CCCCCCCCNCC(O)c1cc(Cl)cc2c1-c1ccc(Cl)cc1C2=Cc1ccc(Cl)cc1. The number of nitrogens with one attached hydrogen (secondary N) is 1. The maximum absolute atomic E-state index is 11.2. The third kappa shape index (κ3) is 6.50. The molecule has 4 rings (SSSR count). The minimum Gasteiger partial charge on any atom is -0.387 e. The third-order valence-electron chi connectivity index (χ3n) is 6.55. The molecule has 184 valence electrons. The average Bonchev–Trinajstić information content (AvgIpc) is 3.13. The fourth-order valence-corrected chi connectivity index (χ4v) is 5.29. The van der Waals surface area contributed by atoms with Crippen LogP contribution in [0.1, 0.15) is 73.8 Å². The van der Waals surface area contributed by atoms with Crippen LogP contribution in [0.25, 0.3) is 22.8 Å². The van der Waals surface area contributed by atoms with Gasteiger partial charge in [0.25, 0.3) is 0 Å². The molecule has 1 aliphatic rings. The van der Waals surface area contributed by atoms with Crippen molar-refractivity contribution in [1.82, 2.24) is 5.32 Å². The highest BCUT2D eigenvalue weighted by Crippen LogP contribution is 2.49. The fraction of sp³-hybridized carbons (Fsp3) is 0.333. The Bertz CT molecular complexity index is 1190. The number of benzene rings is 3. The Balaban J connectivity index is 1.59. The zero-order valence-electron chi connectivity index (χ0n) is 20.1. The zero-order chi connectivity index (χ0) is 24.8. The molecule has 1 unspecified atom stereocenters. The molecule has 1 aliphatic carbocycles. The van der Waals surface area contributed by atoms with Crippen LogP contribution in [0.2, 0.25) is 15.1 Å². The first-order valence-corrected chi connectivity index (χ1v) is 13.6. The Morgan fingerprint density at radius 1 is 0.771 bits per heavy atom. The molecule has 0 fully saturated rings. The number of halogens is 3. The molecule has 0 amide bonds. The Morgan fingerprint density at radius 2 is 1.46 bits per heavy atom. The summed E-state index contributed by atoms with van der Waals surface area (Å²) in [4.78, 5) is 0. The fourth-order valence-electron chi connectivity index (χ4n) is 4.77. The van der Waals surface area contributed by atoms with Crippen LogP contribution in [0.5, 0.6) is 0 Å². The molecular formula is C30H32Cl3NO. The van der Waals surface area contributed by atoms with Gasteiger partial charge in [-0.2, -0.15) is 0 Å². The predicted molar refractivity (Wildman–Crippen MR) is 152 cm³/mol. The minimum absolute atomic E-state index is 0.487. The van der Waals surface area contributed by atoms with Gasteiger partial charge < -0.3 is 10.4 Å². The summed E-state index contributed by atoms with van der Waals surface area (Å²) in [6.45, 7) is 3.62. The van der Waals surface area contributed by atoms with Crippen molar-refractivity contribution in [1.29, 1.82) is 0 Å². The highest BCUT2D eigenvalue weighted by atomic mass is 35.5. The standard InChI is InChI=1S/C30H32Cl3NO/c1-2-3-4-5-6-7-14-34-19-29(35)28-18-23(33)17-27-25(15-20-8-10-21(31)11-9-20)26-16-22(32)12-13-24(26)30(27)28/h8-13,15-18,29,34-35H,2-7,14,19H2,1H3. The van der Waals surface area contributed by atoms with Gasteiger partial charge in [-0.05, 0) is 94.4 Å². The Kier molecular flexibility index (Phi) is 9.33. The first-order valence-electron chi connectivity index (χ1n) is 12.5. The number of aliphatic hydroxyl groups is 1. The van der Waals surface area contributed by atoms with Gasteiger partial charge in [-0.1, -0.05) is 92.0 Å². The number of aliphatic hydroxyl groups excluding tert-OH is 1. The van der Waals surface area contributed by atoms with E-state index < -0.39 is 6.10 Å². The van der Waals surface area contributed by atoms with Gasteiger partial charge >= 0.3 is 0 Å². The molecule has 3 aromatic carbocycles. The van der Waals surface area contributed by atoms with Crippen LogP contribution in [-0.4, -0.2) is 18.2 Å². The summed E-state index contributed by atoms with van der Waals surface area (Å²) >= 11 is 19.1. The van der Waals surface area contributed by atoms with Gasteiger partial charge in [0.2, 0.25) is 0 Å². The predicted octanol–water partition coefficient (Wildman–Crippen LogP) is 9.20. The number of unbranched alkanes of at least 4 members (excludes halogenated alkanes) is 5. The van der Waals surface area contributed by atoms with E-state index in [1.165, 1.54) is 32.1 Å². The molecular weight excluding hydrogens is 497 g/mol. The summed E-state index contributed by atoms with van der Waals surface area (Å²) in [5, 5.41) is 16.6. The second-order valence-electron chi connectivity index (χ2n) is 9.20. The van der Waals surface area contributed by atoms with Crippen molar-refractivity contribution in [2.24, 2.45) is 0 Å². The molecule has 1 atom stereocenters. The summed E-state index contributed by atoms with van der Waals surface area (Å²) in [5.41, 5.74) is 7.04. The summed E-state index contributed by atoms with van der Waals surface area (Å²) in [7, 11) is 0. The highest BCUT2D eigenvalue weighted by molar-refractivity contribution is 6.32. The molecule has 5 heteroatoms. The van der Waals surface area contributed by atoms with E-state index in [9.17, 15) is 5.11 Å². The van der Waals surface area contributed by atoms with Crippen molar-refractivity contribution in [3.05, 3.63) is 91.9 Å². The van der Waals surface area contributed by atoms with E-state index in [1.807, 2.05) is 54.6 Å². The van der Waals surface area contributed by atoms with Crippen LogP contribution in [0, 0.1) is 0 Å². The molecule has 35 heavy (non-hydrogen) atoms. The average molecular weight is 529 g/mol. The molecule has 2 N–H and O–H groups in total. The van der Waals surface area contributed by atoms with Gasteiger partial charge in [0, 0.05) is 21.6 Å². The van der Waals surface area contributed by atoms with E-state index in [4.69, 9.17) is 34.8 Å². The van der Waals surface area contributed by atoms with E-state index in [0.717, 1.165) is 51.9 Å². The molecule has 0 radical (unpaired) electrons. The van der Waals surface area contributed by atoms with Crippen LogP contribution in [-0.2, 0) is 0 Å². The van der Waals surface area contributed by atoms with Crippen molar-refractivity contribution >= 4 is 46.5 Å². The van der Waals surface area contributed by atoms with E-state index in [2.05, 4.69) is 18.3 Å². The maximum Gasteiger partial charge on any atom is 0.0921 e. The molecule has 0 bridgehead atoms. The molecule has 0 aliphatic heterocycles. The van der Waals surface area contributed by atoms with Crippen molar-refractivity contribution in [2.45, 2.75) is 51.6 Å². The van der Waals surface area contributed by atoms with Crippen LogP contribution in [0.4, 0.5) is 0 Å². The molecule has 0 aromatic heterocycles. The second kappa shape index (κ2) is 12.4. The van der Waals surface area contributed by atoms with Crippen molar-refractivity contribution in [3.63, 3.8) is 0 Å². The van der Waals surface area contributed by atoms with Gasteiger partial charge in [-0.15, -0.1) is 0 Å². The molecule has 3 aromatic rings. The number of fused-ring (bicyclic) bond motifs is 3. The van der Waals surface area contributed by atoms with Gasteiger partial charge in [-0.3, -0.25) is 0 Å². The minimum atomic E-state index is -0.666. The Hall–Kier alpha value is -1.81. The van der Waals surface area contributed by atoms with Crippen molar-refractivity contribution in [3.8, 4) is 11.1 Å². The molecule has 0 saturated heterocycles. The quantitative estimate of drug-likeness (QED) is 0.190. The normalized spacial score (nSPS) is 14.3. The summed E-state index contributed by atoms with van der Waals surface area (Å²) in [5.74, 6) is 0. The first-order chi connectivity index (χ1) is 17.0. The highest BCUT2D eigenvalue weighted by Gasteiger charge is 2.29. The summed E-state index contributed by atoms with van der Waals surface area (Å²) in [6.07, 6.45) is 8.97. The van der Waals surface area contributed by atoms with Crippen LogP contribution in [0.3, 0.4) is 0 Å². The van der Waals surface area contributed by atoms with Gasteiger partial charge in [0.15, 0.2) is 0 Å². The second-order valence-corrected chi connectivity index (χ2v) is 10.5. The van der Waals surface area contributed by atoms with Gasteiger partial charge in [0.1, 0.15) is 0 Å². The molecule has 0 heterocycles. The largest absolute Gasteiger partial charge is 0.387 e. The number of rotatable bonds is 11. The van der Waals surface area contributed by atoms with Crippen molar-refractivity contribution in [2.75, 3.05) is 13.1 Å². The van der Waals surface area contributed by atoms with Crippen LogP contribution < -0.4 is 5.32 Å². The van der Waals surface area contributed by atoms with Crippen molar-refractivity contribution < 1.29 is 5.11 Å². The van der Waals surface area contributed by atoms with E-state index >= 15 is 0 Å². The van der Waals surface area contributed by atoms with Gasteiger partial charge in [0.05, 0.1) is 6.10 Å². The Morgan fingerprint density at radius 3 is 2.23 bits per heavy atom. The smallest absolute Gasteiger partial charge is 0.0921 e. The monoisotopic (exact) mass is 527 g/mol. The van der Waals surface area contributed by atoms with Crippen LogP contribution >= 0.6 is 34.8 Å².